The van der Waals surface area contributed by atoms with Crippen molar-refractivity contribution in [2.75, 3.05) is 7.11 Å². The molecule has 0 aromatic rings. The first kappa shape index (κ1) is 9.81. The van der Waals surface area contributed by atoms with E-state index < -0.39 is 0 Å². The Morgan fingerprint density at radius 1 is 1.36 bits per heavy atom. The van der Waals surface area contributed by atoms with Gasteiger partial charge in [-0.2, -0.15) is 0 Å². The second-order valence-electron chi connectivity index (χ2n) is 4.78. The molecule has 2 aliphatic rings. The van der Waals surface area contributed by atoms with Gasteiger partial charge in [0.15, 0.2) is 0 Å². The molecule has 0 bridgehead atoms. The quantitative estimate of drug-likeness (QED) is 0.701. The van der Waals surface area contributed by atoms with Crippen molar-refractivity contribution < 1.29 is 9.53 Å². The van der Waals surface area contributed by atoms with Gasteiger partial charge in [-0.05, 0) is 37.5 Å². The van der Waals surface area contributed by atoms with E-state index in [2.05, 4.69) is 10.1 Å². The maximum Gasteiger partial charge on any atom is 0.407 e. The minimum absolute atomic E-state index is 0.273. The summed E-state index contributed by atoms with van der Waals surface area (Å²) in [5.41, 5.74) is 0.575. The molecule has 0 aromatic heterocycles. The van der Waals surface area contributed by atoms with Crippen LogP contribution in [0.25, 0.3) is 0 Å². The van der Waals surface area contributed by atoms with Crippen molar-refractivity contribution in [3.63, 3.8) is 0 Å². The molecular formula is C11H19NO2. The van der Waals surface area contributed by atoms with E-state index in [-0.39, 0.29) is 6.09 Å². The van der Waals surface area contributed by atoms with Gasteiger partial charge in [-0.3, -0.25) is 0 Å². The number of methoxy groups -OCH3 is 1. The molecule has 0 aliphatic heterocycles. The summed E-state index contributed by atoms with van der Waals surface area (Å²) in [4.78, 5) is 11.0. The van der Waals surface area contributed by atoms with E-state index in [0.717, 1.165) is 6.42 Å². The zero-order valence-electron chi connectivity index (χ0n) is 8.84. The SMILES string of the molecule is COC(=O)NC1CCC2(CCCC2)C1. The molecule has 0 aromatic carbocycles. The summed E-state index contributed by atoms with van der Waals surface area (Å²) < 4.78 is 4.61. The number of ether oxygens (including phenoxy) is 1. The standard InChI is InChI=1S/C11H19NO2/c1-14-10(13)12-9-4-7-11(8-9)5-2-3-6-11/h9H,2-8H2,1H3,(H,12,13). The van der Waals surface area contributed by atoms with Gasteiger partial charge in [-0.15, -0.1) is 0 Å². The van der Waals surface area contributed by atoms with Crippen LogP contribution in [0.4, 0.5) is 4.79 Å². The van der Waals surface area contributed by atoms with Crippen LogP contribution in [0.1, 0.15) is 44.9 Å². The molecule has 3 nitrogen and oxygen atoms in total. The van der Waals surface area contributed by atoms with E-state index in [1.165, 1.54) is 45.6 Å². The predicted molar refractivity (Wildman–Crippen MR) is 54.1 cm³/mol. The van der Waals surface area contributed by atoms with Crippen LogP contribution in [0, 0.1) is 5.41 Å². The first-order chi connectivity index (χ1) is 6.74. The molecule has 80 valence electrons. The van der Waals surface area contributed by atoms with Crippen molar-refractivity contribution in [1.82, 2.24) is 5.32 Å². The average molecular weight is 197 g/mol. The smallest absolute Gasteiger partial charge is 0.407 e. The Kier molecular flexibility index (Phi) is 2.66. The van der Waals surface area contributed by atoms with E-state index in [1.807, 2.05) is 0 Å². The summed E-state index contributed by atoms with van der Waals surface area (Å²) in [6.07, 6.45) is 8.82. The average Bonchev–Trinajstić information content (AvgIpc) is 2.78. The van der Waals surface area contributed by atoms with Gasteiger partial charge in [-0.1, -0.05) is 12.8 Å². The van der Waals surface area contributed by atoms with Crippen LogP contribution in [-0.2, 0) is 4.74 Å². The van der Waals surface area contributed by atoms with Gasteiger partial charge in [0.25, 0.3) is 0 Å². The van der Waals surface area contributed by atoms with Crippen LogP contribution in [0.5, 0.6) is 0 Å². The third-order valence-corrected chi connectivity index (χ3v) is 3.87. The normalized spacial score (nSPS) is 29.4. The monoisotopic (exact) mass is 197 g/mol. The highest BCUT2D eigenvalue weighted by Crippen LogP contribution is 2.50. The van der Waals surface area contributed by atoms with Gasteiger partial charge in [0.05, 0.1) is 7.11 Å². The van der Waals surface area contributed by atoms with Crippen LogP contribution < -0.4 is 5.32 Å². The number of amides is 1. The Labute approximate surface area is 85.2 Å². The summed E-state index contributed by atoms with van der Waals surface area (Å²) in [6, 6.07) is 0.362. The number of nitrogens with one attached hydrogen (secondary N) is 1. The lowest BCUT2D eigenvalue weighted by molar-refractivity contribution is 0.165. The van der Waals surface area contributed by atoms with Crippen molar-refractivity contribution in [2.45, 2.75) is 51.0 Å². The topological polar surface area (TPSA) is 38.3 Å². The zero-order chi connectivity index (χ0) is 10.0. The van der Waals surface area contributed by atoms with E-state index in [4.69, 9.17) is 0 Å². The molecule has 2 rings (SSSR count). The minimum Gasteiger partial charge on any atom is -0.453 e. The molecular weight excluding hydrogens is 178 g/mol. The molecule has 3 heteroatoms. The Bertz CT molecular complexity index is 221. The fourth-order valence-electron chi connectivity index (χ4n) is 3.14. The molecule has 2 saturated carbocycles. The summed E-state index contributed by atoms with van der Waals surface area (Å²) in [7, 11) is 1.43. The van der Waals surface area contributed by atoms with Gasteiger partial charge in [-0.25, -0.2) is 4.79 Å². The fourth-order valence-corrected chi connectivity index (χ4v) is 3.14. The number of hydrogen-bond donors (Lipinski definition) is 1. The van der Waals surface area contributed by atoms with E-state index in [9.17, 15) is 4.79 Å². The van der Waals surface area contributed by atoms with E-state index in [1.54, 1.807) is 0 Å². The lowest BCUT2D eigenvalue weighted by Gasteiger charge is -2.22. The Morgan fingerprint density at radius 3 is 2.71 bits per heavy atom. The third kappa shape index (κ3) is 1.86. The summed E-state index contributed by atoms with van der Waals surface area (Å²) in [5, 5.41) is 2.92. The lowest BCUT2D eigenvalue weighted by atomic mass is 9.84. The molecule has 2 fully saturated rings. The molecule has 0 radical (unpaired) electrons. The van der Waals surface area contributed by atoms with Crippen LogP contribution in [0.15, 0.2) is 0 Å². The zero-order valence-corrected chi connectivity index (χ0v) is 8.84. The molecule has 1 atom stereocenters. The van der Waals surface area contributed by atoms with Crippen molar-refractivity contribution >= 4 is 6.09 Å². The van der Waals surface area contributed by atoms with Crippen molar-refractivity contribution in [1.29, 1.82) is 0 Å². The van der Waals surface area contributed by atoms with Gasteiger partial charge in [0, 0.05) is 6.04 Å². The fraction of sp³-hybridized carbons (Fsp3) is 0.909. The van der Waals surface area contributed by atoms with Crippen LogP contribution in [-0.4, -0.2) is 19.2 Å². The number of carbonyl (C=O) groups excluding carboxylic acids is 1. The van der Waals surface area contributed by atoms with Crippen LogP contribution in [0.2, 0.25) is 0 Å². The number of alkyl carbamates (subject to hydrolysis) is 1. The highest BCUT2D eigenvalue weighted by molar-refractivity contribution is 5.67. The highest BCUT2D eigenvalue weighted by atomic mass is 16.5. The molecule has 0 heterocycles. The van der Waals surface area contributed by atoms with Gasteiger partial charge < -0.3 is 10.1 Å². The van der Waals surface area contributed by atoms with Gasteiger partial charge >= 0.3 is 6.09 Å². The maximum absolute atomic E-state index is 11.0. The number of carbonyl (C=O) groups is 1. The lowest BCUT2D eigenvalue weighted by Crippen LogP contribution is -2.33. The molecule has 2 aliphatic carbocycles. The second-order valence-corrected chi connectivity index (χ2v) is 4.78. The Morgan fingerprint density at radius 2 is 2.07 bits per heavy atom. The molecule has 1 N–H and O–H groups in total. The molecule has 0 saturated heterocycles. The second kappa shape index (κ2) is 3.79. The summed E-state index contributed by atoms with van der Waals surface area (Å²) in [5.74, 6) is 0. The van der Waals surface area contributed by atoms with Gasteiger partial charge in [0.1, 0.15) is 0 Å². The Balaban J connectivity index is 1.85. The summed E-state index contributed by atoms with van der Waals surface area (Å²) in [6.45, 7) is 0. The molecule has 1 unspecified atom stereocenters. The first-order valence-corrected chi connectivity index (χ1v) is 5.59. The van der Waals surface area contributed by atoms with Crippen LogP contribution in [0.3, 0.4) is 0 Å². The van der Waals surface area contributed by atoms with E-state index in [0.29, 0.717) is 11.5 Å². The van der Waals surface area contributed by atoms with E-state index >= 15 is 0 Å². The third-order valence-electron chi connectivity index (χ3n) is 3.87. The summed E-state index contributed by atoms with van der Waals surface area (Å²) >= 11 is 0. The molecule has 14 heavy (non-hydrogen) atoms. The Hall–Kier alpha value is -0.730. The van der Waals surface area contributed by atoms with Crippen molar-refractivity contribution in [3.8, 4) is 0 Å². The van der Waals surface area contributed by atoms with Gasteiger partial charge in [0.2, 0.25) is 0 Å². The number of hydrogen-bond acceptors (Lipinski definition) is 2. The predicted octanol–water partition coefficient (Wildman–Crippen LogP) is 2.46. The van der Waals surface area contributed by atoms with Crippen LogP contribution >= 0.6 is 0 Å². The minimum atomic E-state index is -0.273. The molecule has 1 amide bonds. The highest BCUT2D eigenvalue weighted by Gasteiger charge is 2.41. The largest absolute Gasteiger partial charge is 0.453 e. The first-order valence-electron chi connectivity index (χ1n) is 5.59. The van der Waals surface area contributed by atoms with Crippen molar-refractivity contribution in [2.24, 2.45) is 5.41 Å². The maximum atomic E-state index is 11.0. The number of rotatable bonds is 1. The molecule has 1 spiro atoms. The van der Waals surface area contributed by atoms with Crippen molar-refractivity contribution in [3.05, 3.63) is 0 Å².